The van der Waals surface area contributed by atoms with Gasteiger partial charge in [-0.25, -0.2) is 0 Å². The number of carbonyl (C=O) groups is 1. The maximum atomic E-state index is 11.4. The van der Waals surface area contributed by atoms with Crippen LogP contribution in [0.4, 0.5) is 0 Å². The van der Waals surface area contributed by atoms with E-state index in [0.717, 1.165) is 9.99 Å². The molecule has 0 aliphatic carbocycles. The molecular formula is C11H10BrNO2. The summed E-state index contributed by atoms with van der Waals surface area (Å²) in [5.41, 5.74) is 1.32. The number of hydrogen-bond acceptors (Lipinski definition) is 2. The van der Waals surface area contributed by atoms with E-state index in [1.165, 1.54) is 11.5 Å². The Morgan fingerprint density at radius 1 is 1.47 bits per heavy atom. The summed E-state index contributed by atoms with van der Waals surface area (Å²) in [6.45, 7) is 3.21. The van der Waals surface area contributed by atoms with Gasteiger partial charge in [0.15, 0.2) is 0 Å². The van der Waals surface area contributed by atoms with E-state index in [-0.39, 0.29) is 11.7 Å². The molecule has 4 heteroatoms. The van der Waals surface area contributed by atoms with Crippen molar-refractivity contribution in [1.29, 1.82) is 0 Å². The van der Waals surface area contributed by atoms with Gasteiger partial charge in [-0.1, -0.05) is 15.9 Å². The Hall–Kier alpha value is -1.29. The lowest BCUT2D eigenvalue weighted by Crippen LogP contribution is -2.06. The minimum Gasteiger partial charge on any atom is -0.505 e. The molecule has 1 aromatic carbocycles. The van der Waals surface area contributed by atoms with Crippen LogP contribution in [0.2, 0.25) is 0 Å². The van der Waals surface area contributed by atoms with Gasteiger partial charge in [-0.2, -0.15) is 0 Å². The fourth-order valence-corrected chi connectivity index (χ4v) is 2.14. The van der Waals surface area contributed by atoms with Gasteiger partial charge in [0.25, 0.3) is 0 Å². The van der Waals surface area contributed by atoms with Crippen LogP contribution in [0.3, 0.4) is 0 Å². The van der Waals surface area contributed by atoms with Gasteiger partial charge in [0.2, 0.25) is 5.91 Å². The zero-order chi connectivity index (χ0) is 11.2. The van der Waals surface area contributed by atoms with Gasteiger partial charge in [-0.15, -0.1) is 0 Å². The Balaban J connectivity index is 2.93. The summed E-state index contributed by atoms with van der Waals surface area (Å²) in [6, 6.07) is 5.46. The number of fused-ring (bicyclic) bond motifs is 1. The van der Waals surface area contributed by atoms with E-state index in [9.17, 15) is 9.90 Å². The second kappa shape index (κ2) is 3.38. The Morgan fingerprint density at radius 3 is 2.73 bits per heavy atom. The molecule has 1 N–H and O–H groups in total. The number of nitrogens with zero attached hydrogens (tertiary/aromatic N) is 1. The first kappa shape index (κ1) is 10.2. The molecule has 1 heterocycles. The maximum absolute atomic E-state index is 11.4. The first-order chi connectivity index (χ1) is 7.02. The number of aromatic nitrogens is 1. The second-order valence-electron chi connectivity index (χ2n) is 3.45. The molecule has 0 saturated carbocycles. The largest absolute Gasteiger partial charge is 0.505 e. The average molecular weight is 268 g/mol. The SMILES string of the molecule is CC(=O)n1c(C)c(O)c2cc(Br)ccc21. The topological polar surface area (TPSA) is 42.2 Å². The average Bonchev–Trinajstić information content (AvgIpc) is 2.41. The summed E-state index contributed by atoms with van der Waals surface area (Å²) in [5.74, 6) is 0.0709. The van der Waals surface area contributed by atoms with Crippen molar-refractivity contribution >= 4 is 32.7 Å². The smallest absolute Gasteiger partial charge is 0.228 e. The molecule has 0 saturated heterocycles. The molecule has 1 aromatic heterocycles. The molecule has 0 radical (unpaired) electrons. The van der Waals surface area contributed by atoms with Crippen LogP contribution in [0.25, 0.3) is 10.9 Å². The standard InChI is InChI=1S/C11H10BrNO2/c1-6-11(15)9-5-8(12)3-4-10(9)13(6)7(2)14/h3-5,15H,1-2H3. The van der Waals surface area contributed by atoms with Crippen molar-refractivity contribution in [2.24, 2.45) is 0 Å². The monoisotopic (exact) mass is 267 g/mol. The summed E-state index contributed by atoms with van der Waals surface area (Å²) in [6.07, 6.45) is 0. The third kappa shape index (κ3) is 1.45. The molecule has 2 aromatic rings. The molecule has 0 atom stereocenters. The third-order valence-electron chi connectivity index (χ3n) is 2.45. The van der Waals surface area contributed by atoms with Crippen LogP contribution in [0.1, 0.15) is 17.4 Å². The van der Waals surface area contributed by atoms with Crippen LogP contribution in [0.15, 0.2) is 22.7 Å². The highest BCUT2D eigenvalue weighted by molar-refractivity contribution is 9.10. The van der Waals surface area contributed by atoms with Crippen molar-refractivity contribution in [1.82, 2.24) is 4.57 Å². The molecular weight excluding hydrogens is 258 g/mol. The van der Waals surface area contributed by atoms with Crippen LogP contribution in [0, 0.1) is 6.92 Å². The van der Waals surface area contributed by atoms with E-state index in [1.807, 2.05) is 12.1 Å². The highest BCUT2D eigenvalue weighted by Gasteiger charge is 2.15. The fourth-order valence-electron chi connectivity index (χ4n) is 1.78. The summed E-state index contributed by atoms with van der Waals surface area (Å²) in [5, 5.41) is 10.6. The lowest BCUT2D eigenvalue weighted by molar-refractivity contribution is 0.0939. The third-order valence-corrected chi connectivity index (χ3v) is 2.94. The zero-order valence-corrected chi connectivity index (χ0v) is 10.00. The number of carbonyl (C=O) groups excluding carboxylic acids is 1. The van der Waals surface area contributed by atoms with Crippen LogP contribution in [-0.2, 0) is 0 Å². The van der Waals surface area contributed by atoms with Crippen molar-refractivity contribution in [3.8, 4) is 5.75 Å². The van der Waals surface area contributed by atoms with Crippen molar-refractivity contribution < 1.29 is 9.90 Å². The van der Waals surface area contributed by atoms with Crippen molar-refractivity contribution in [2.45, 2.75) is 13.8 Å². The summed E-state index contributed by atoms with van der Waals surface area (Å²) in [4.78, 5) is 11.4. The van der Waals surface area contributed by atoms with E-state index in [4.69, 9.17) is 0 Å². The molecule has 0 bridgehead atoms. The molecule has 0 fully saturated rings. The van der Waals surface area contributed by atoms with E-state index in [1.54, 1.807) is 13.0 Å². The van der Waals surface area contributed by atoms with Gasteiger partial charge in [-0.05, 0) is 25.1 Å². The quantitative estimate of drug-likeness (QED) is 0.797. The minimum atomic E-state index is -0.0971. The number of halogens is 1. The van der Waals surface area contributed by atoms with Gasteiger partial charge < -0.3 is 5.11 Å². The zero-order valence-electron chi connectivity index (χ0n) is 8.41. The molecule has 0 spiro atoms. The molecule has 2 rings (SSSR count). The van der Waals surface area contributed by atoms with Crippen LogP contribution in [-0.4, -0.2) is 15.6 Å². The molecule has 0 unspecified atom stereocenters. The lowest BCUT2D eigenvalue weighted by atomic mass is 10.2. The Kier molecular flexibility index (Phi) is 2.31. The number of hydrogen-bond donors (Lipinski definition) is 1. The van der Waals surface area contributed by atoms with Crippen LogP contribution < -0.4 is 0 Å². The summed E-state index contributed by atoms with van der Waals surface area (Å²) in [7, 11) is 0. The van der Waals surface area contributed by atoms with E-state index in [2.05, 4.69) is 15.9 Å². The Bertz CT molecular complexity index is 557. The maximum Gasteiger partial charge on any atom is 0.228 e. The number of rotatable bonds is 0. The van der Waals surface area contributed by atoms with Crippen LogP contribution >= 0.6 is 15.9 Å². The summed E-state index contributed by atoms with van der Waals surface area (Å²) >= 11 is 3.33. The van der Waals surface area contributed by atoms with Crippen molar-refractivity contribution in [3.05, 3.63) is 28.4 Å². The van der Waals surface area contributed by atoms with Crippen molar-refractivity contribution in [3.63, 3.8) is 0 Å². The van der Waals surface area contributed by atoms with Gasteiger partial charge in [-0.3, -0.25) is 9.36 Å². The second-order valence-corrected chi connectivity index (χ2v) is 4.37. The van der Waals surface area contributed by atoms with Gasteiger partial charge >= 0.3 is 0 Å². The van der Waals surface area contributed by atoms with Gasteiger partial charge in [0.05, 0.1) is 11.2 Å². The van der Waals surface area contributed by atoms with Gasteiger partial charge in [0.1, 0.15) is 5.75 Å². The highest BCUT2D eigenvalue weighted by Crippen LogP contribution is 2.33. The van der Waals surface area contributed by atoms with E-state index >= 15 is 0 Å². The predicted octanol–water partition coefficient (Wildman–Crippen LogP) is 3.08. The Labute approximate surface area is 95.5 Å². The number of aromatic hydroxyl groups is 1. The predicted molar refractivity (Wildman–Crippen MR) is 62.3 cm³/mol. The molecule has 0 aliphatic heterocycles. The minimum absolute atomic E-state index is 0.0971. The number of benzene rings is 1. The van der Waals surface area contributed by atoms with E-state index in [0.29, 0.717) is 11.1 Å². The first-order valence-corrected chi connectivity index (χ1v) is 5.32. The molecule has 0 aliphatic rings. The highest BCUT2D eigenvalue weighted by atomic mass is 79.9. The summed E-state index contributed by atoms with van der Waals surface area (Å²) < 4.78 is 2.39. The van der Waals surface area contributed by atoms with E-state index < -0.39 is 0 Å². The normalized spacial score (nSPS) is 10.9. The molecule has 15 heavy (non-hydrogen) atoms. The first-order valence-electron chi connectivity index (χ1n) is 4.53. The van der Waals surface area contributed by atoms with Gasteiger partial charge in [0, 0.05) is 16.8 Å². The molecule has 0 amide bonds. The Morgan fingerprint density at radius 2 is 2.13 bits per heavy atom. The lowest BCUT2D eigenvalue weighted by Gasteiger charge is -2.01. The molecule has 78 valence electrons. The van der Waals surface area contributed by atoms with Crippen molar-refractivity contribution in [2.75, 3.05) is 0 Å². The van der Waals surface area contributed by atoms with Crippen LogP contribution in [0.5, 0.6) is 5.75 Å². The molecule has 3 nitrogen and oxygen atoms in total. The fraction of sp³-hybridized carbons (Fsp3) is 0.182.